The summed E-state index contributed by atoms with van der Waals surface area (Å²) in [6.07, 6.45) is 3.34. The van der Waals surface area contributed by atoms with Gasteiger partial charge >= 0.3 is 0 Å². The van der Waals surface area contributed by atoms with Gasteiger partial charge in [-0.1, -0.05) is 12.1 Å². The van der Waals surface area contributed by atoms with E-state index in [2.05, 4.69) is 16.2 Å². The second kappa shape index (κ2) is 8.42. The van der Waals surface area contributed by atoms with Crippen molar-refractivity contribution in [1.29, 1.82) is 0 Å². The van der Waals surface area contributed by atoms with Gasteiger partial charge in [-0.25, -0.2) is 0 Å². The minimum atomic E-state index is -0.363. The molecule has 0 saturated heterocycles. The average Bonchev–Trinajstić information content (AvgIpc) is 3.16. The molecule has 22 heavy (non-hydrogen) atoms. The van der Waals surface area contributed by atoms with Gasteiger partial charge in [-0.3, -0.25) is 25.8 Å². The summed E-state index contributed by atoms with van der Waals surface area (Å²) in [7, 11) is 0. The van der Waals surface area contributed by atoms with Crippen LogP contribution in [0.4, 0.5) is 0 Å². The van der Waals surface area contributed by atoms with Gasteiger partial charge in [0, 0.05) is 15.8 Å². The quantitative estimate of drug-likeness (QED) is 0.448. The first kappa shape index (κ1) is 16.3. The standard InChI is InChI=1S/C14H13N3O2S3/c18-12(6-5-10-3-1-7-21-10)15-14(20)17-16-13(19)9-11-4-2-8-22-11/h1-8H,9H2,(H,16,19)(H2,15,17,18,20). The zero-order valence-electron chi connectivity index (χ0n) is 11.4. The maximum Gasteiger partial charge on any atom is 0.250 e. The smallest absolute Gasteiger partial charge is 0.250 e. The Kier molecular flexibility index (Phi) is 6.26. The van der Waals surface area contributed by atoms with E-state index in [0.29, 0.717) is 0 Å². The number of thiocarbonyl (C=S) groups is 1. The molecule has 0 aromatic carbocycles. The first-order valence-corrected chi connectivity index (χ1v) is 8.44. The van der Waals surface area contributed by atoms with Gasteiger partial charge in [0.15, 0.2) is 5.11 Å². The fourth-order valence-corrected chi connectivity index (χ4v) is 2.94. The molecule has 0 aliphatic rings. The molecule has 114 valence electrons. The van der Waals surface area contributed by atoms with Gasteiger partial charge in [-0.05, 0) is 41.2 Å². The van der Waals surface area contributed by atoms with Crippen molar-refractivity contribution in [2.45, 2.75) is 6.42 Å². The first-order valence-electron chi connectivity index (χ1n) is 6.27. The zero-order valence-corrected chi connectivity index (χ0v) is 13.8. The third-order valence-corrected chi connectivity index (χ3v) is 4.33. The van der Waals surface area contributed by atoms with Gasteiger partial charge in [-0.15, -0.1) is 22.7 Å². The lowest BCUT2D eigenvalue weighted by atomic mass is 10.3. The highest BCUT2D eigenvalue weighted by molar-refractivity contribution is 7.80. The van der Waals surface area contributed by atoms with Crippen LogP contribution in [-0.4, -0.2) is 16.9 Å². The van der Waals surface area contributed by atoms with E-state index in [1.807, 2.05) is 35.0 Å². The van der Waals surface area contributed by atoms with E-state index < -0.39 is 0 Å². The largest absolute Gasteiger partial charge is 0.298 e. The maximum absolute atomic E-state index is 11.6. The highest BCUT2D eigenvalue weighted by Gasteiger charge is 2.05. The molecule has 0 unspecified atom stereocenters. The Balaban J connectivity index is 1.69. The normalized spacial score (nSPS) is 10.4. The Bertz CT molecular complexity index is 664. The summed E-state index contributed by atoms with van der Waals surface area (Å²) in [6, 6.07) is 7.55. The van der Waals surface area contributed by atoms with Crippen molar-refractivity contribution in [3.05, 3.63) is 50.9 Å². The number of hydrogen-bond acceptors (Lipinski definition) is 5. The Hall–Kier alpha value is -2.03. The zero-order chi connectivity index (χ0) is 15.8. The fourth-order valence-electron chi connectivity index (χ4n) is 1.47. The summed E-state index contributed by atoms with van der Waals surface area (Å²) >= 11 is 7.95. The van der Waals surface area contributed by atoms with Crippen LogP contribution in [0.3, 0.4) is 0 Å². The van der Waals surface area contributed by atoms with Crippen LogP contribution in [-0.2, 0) is 16.0 Å². The minimum Gasteiger partial charge on any atom is -0.298 e. The Morgan fingerprint density at radius 1 is 1.14 bits per heavy atom. The molecule has 0 fully saturated rings. The van der Waals surface area contributed by atoms with Crippen LogP contribution in [0.25, 0.3) is 6.08 Å². The molecule has 0 atom stereocenters. The lowest BCUT2D eigenvalue weighted by molar-refractivity contribution is -0.121. The summed E-state index contributed by atoms with van der Waals surface area (Å²) in [6.45, 7) is 0. The van der Waals surface area contributed by atoms with Crippen LogP contribution < -0.4 is 16.2 Å². The topological polar surface area (TPSA) is 70.2 Å². The van der Waals surface area contributed by atoms with Crippen molar-refractivity contribution in [1.82, 2.24) is 16.2 Å². The van der Waals surface area contributed by atoms with Crippen molar-refractivity contribution >= 4 is 57.9 Å². The molecule has 0 aliphatic carbocycles. The molecule has 0 radical (unpaired) electrons. The highest BCUT2D eigenvalue weighted by atomic mass is 32.1. The van der Waals surface area contributed by atoms with E-state index in [9.17, 15) is 9.59 Å². The summed E-state index contributed by atoms with van der Waals surface area (Å²) in [5, 5.41) is 6.31. The molecular weight excluding hydrogens is 338 g/mol. The van der Waals surface area contributed by atoms with Crippen molar-refractivity contribution < 1.29 is 9.59 Å². The van der Waals surface area contributed by atoms with E-state index in [0.717, 1.165) is 9.75 Å². The van der Waals surface area contributed by atoms with Crippen molar-refractivity contribution in [3.8, 4) is 0 Å². The van der Waals surface area contributed by atoms with E-state index in [1.54, 1.807) is 6.08 Å². The summed E-state index contributed by atoms with van der Waals surface area (Å²) < 4.78 is 0. The summed E-state index contributed by atoms with van der Waals surface area (Å²) in [5.74, 6) is -0.591. The SMILES string of the molecule is O=C(C=Cc1cccs1)NC(=S)NNC(=O)Cc1cccs1. The molecule has 0 bridgehead atoms. The van der Waals surface area contributed by atoms with Crippen molar-refractivity contribution in [3.63, 3.8) is 0 Å². The minimum absolute atomic E-state index is 0.0420. The second-order valence-electron chi connectivity index (χ2n) is 4.10. The molecule has 2 amide bonds. The summed E-state index contributed by atoms with van der Waals surface area (Å²) in [5.41, 5.74) is 4.93. The van der Waals surface area contributed by atoms with Gasteiger partial charge in [-0.2, -0.15) is 0 Å². The fraction of sp³-hybridized carbons (Fsp3) is 0.0714. The van der Waals surface area contributed by atoms with Crippen LogP contribution in [0, 0.1) is 0 Å². The number of rotatable bonds is 4. The van der Waals surface area contributed by atoms with Gasteiger partial charge in [0.2, 0.25) is 11.8 Å². The van der Waals surface area contributed by atoms with Gasteiger partial charge in [0.05, 0.1) is 6.42 Å². The Morgan fingerprint density at radius 2 is 1.91 bits per heavy atom. The lowest BCUT2D eigenvalue weighted by Crippen LogP contribution is -2.48. The number of amides is 2. The second-order valence-corrected chi connectivity index (χ2v) is 6.52. The highest BCUT2D eigenvalue weighted by Crippen LogP contribution is 2.10. The number of nitrogens with one attached hydrogen (secondary N) is 3. The average molecular weight is 351 g/mol. The van der Waals surface area contributed by atoms with Crippen LogP contribution >= 0.6 is 34.9 Å². The number of carbonyl (C=O) groups is 2. The Morgan fingerprint density at radius 3 is 2.59 bits per heavy atom. The molecule has 2 heterocycles. The van der Waals surface area contributed by atoms with Crippen LogP contribution in [0.2, 0.25) is 0 Å². The predicted octanol–water partition coefficient (Wildman–Crippen LogP) is 2.09. The first-order chi connectivity index (χ1) is 10.6. The third-order valence-electron chi connectivity index (χ3n) is 2.41. The van der Waals surface area contributed by atoms with E-state index in [4.69, 9.17) is 12.2 Å². The van der Waals surface area contributed by atoms with Crippen LogP contribution in [0.1, 0.15) is 9.75 Å². The maximum atomic E-state index is 11.6. The van der Waals surface area contributed by atoms with Gasteiger partial charge in [0.25, 0.3) is 0 Å². The number of carbonyl (C=O) groups excluding carboxylic acids is 2. The monoisotopic (exact) mass is 351 g/mol. The molecular formula is C14H13N3O2S3. The molecule has 2 rings (SSSR count). The van der Waals surface area contributed by atoms with Gasteiger partial charge < -0.3 is 0 Å². The molecule has 3 N–H and O–H groups in total. The van der Waals surface area contributed by atoms with E-state index in [-0.39, 0.29) is 23.3 Å². The third kappa shape index (κ3) is 5.76. The number of thiophene rings is 2. The lowest BCUT2D eigenvalue weighted by Gasteiger charge is -2.09. The number of hydrazine groups is 1. The van der Waals surface area contributed by atoms with Crippen molar-refractivity contribution in [2.24, 2.45) is 0 Å². The number of hydrogen-bond donors (Lipinski definition) is 3. The molecule has 2 aromatic heterocycles. The molecule has 0 saturated carbocycles. The summed E-state index contributed by atoms with van der Waals surface area (Å²) in [4.78, 5) is 25.2. The van der Waals surface area contributed by atoms with Crippen molar-refractivity contribution in [2.75, 3.05) is 0 Å². The predicted molar refractivity (Wildman–Crippen MR) is 93.4 cm³/mol. The van der Waals surface area contributed by atoms with E-state index >= 15 is 0 Å². The van der Waals surface area contributed by atoms with Crippen LogP contribution in [0.15, 0.2) is 41.1 Å². The molecule has 0 spiro atoms. The molecule has 5 nitrogen and oxygen atoms in total. The Labute approximate surface area is 141 Å². The molecule has 8 heteroatoms. The molecule has 2 aromatic rings. The van der Waals surface area contributed by atoms with E-state index in [1.165, 1.54) is 28.7 Å². The van der Waals surface area contributed by atoms with Gasteiger partial charge in [0.1, 0.15) is 0 Å². The molecule has 0 aliphatic heterocycles. The van der Waals surface area contributed by atoms with Crippen LogP contribution in [0.5, 0.6) is 0 Å².